The zero-order valence-electron chi connectivity index (χ0n) is 5.87. The summed E-state index contributed by atoms with van der Waals surface area (Å²) in [5.74, 6) is 0. The smallest absolute Gasteiger partial charge is 0.101 e. The van der Waals surface area contributed by atoms with Crippen molar-refractivity contribution in [2.75, 3.05) is 6.54 Å². The predicted molar refractivity (Wildman–Crippen MR) is 43.1 cm³/mol. The molecule has 1 rings (SSSR count). The van der Waals surface area contributed by atoms with E-state index in [4.69, 9.17) is 5.73 Å². The lowest BCUT2D eigenvalue weighted by atomic mass is 10.2. The molecule has 0 radical (unpaired) electrons. The summed E-state index contributed by atoms with van der Waals surface area (Å²) >= 11 is 1.55. The van der Waals surface area contributed by atoms with E-state index in [2.05, 4.69) is 0 Å². The van der Waals surface area contributed by atoms with Crippen LogP contribution in [-0.4, -0.2) is 11.7 Å². The van der Waals surface area contributed by atoms with Crippen molar-refractivity contribution in [3.63, 3.8) is 0 Å². The van der Waals surface area contributed by atoms with Gasteiger partial charge < -0.3 is 10.8 Å². The zero-order chi connectivity index (χ0) is 7.56. The van der Waals surface area contributed by atoms with E-state index in [0.717, 1.165) is 10.4 Å². The Morgan fingerprint density at radius 3 is 2.90 bits per heavy atom. The van der Waals surface area contributed by atoms with Crippen LogP contribution in [0.2, 0.25) is 0 Å². The molecule has 0 saturated carbocycles. The normalized spacial score (nSPS) is 13.5. The average molecular weight is 157 g/mol. The number of aryl methyl sites for hydroxylation is 1. The lowest BCUT2D eigenvalue weighted by Gasteiger charge is -2.04. The second-order valence-electron chi connectivity index (χ2n) is 2.22. The number of hydrogen-bond acceptors (Lipinski definition) is 3. The van der Waals surface area contributed by atoms with E-state index >= 15 is 0 Å². The third kappa shape index (κ3) is 1.37. The standard InChI is InChI=1S/C7H11NOS/c1-5-2-3-10-7(5)6(9)4-8/h2-3,6,9H,4,8H2,1H3. The topological polar surface area (TPSA) is 46.2 Å². The molecule has 10 heavy (non-hydrogen) atoms. The highest BCUT2D eigenvalue weighted by Crippen LogP contribution is 2.22. The monoisotopic (exact) mass is 157 g/mol. The first kappa shape index (κ1) is 7.72. The first-order valence-electron chi connectivity index (χ1n) is 3.18. The van der Waals surface area contributed by atoms with Crippen LogP contribution in [0, 0.1) is 6.92 Å². The van der Waals surface area contributed by atoms with Gasteiger partial charge in [-0.1, -0.05) is 0 Å². The molecule has 0 fully saturated rings. The number of thiophene rings is 1. The number of aliphatic hydroxyl groups excluding tert-OH is 1. The Labute approximate surface area is 64.3 Å². The highest BCUT2D eigenvalue weighted by molar-refractivity contribution is 7.10. The van der Waals surface area contributed by atoms with E-state index in [9.17, 15) is 5.11 Å². The van der Waals surface area contributed by atoms with Crippen LogP contribution in [0.15, 0.2) is 11.4 Å². The summed E-state index contributed by atoms with van der Waals surface area (Å²) in [5.41, 5.74) is 6.42. The zero-order valence-corrected chi connectivity index (χ0v) is 6.69. The molecule has 1 atom stereocenters. The van der Waals surface area contributed by atoms with Crippen LogP contribution in [0.4, 0.5) is 0 Å². The van der Waals surface area contributed by atoms with Gasteiger partial charge in [-0.25, -0.2) is 0 Å². The van der Waals surface area contributed by atoms with Crippen LogP contribution < -0.4 is 5.73 Å². The van der Waals surface area contributed by atoms with Gasteiger partial charge in [0.2, 0.25) is 0 Å². The second kappa shape index (κ2) is 3.14. The molecule has 0 spiro atoms. The van der Waals surface area contributed by atoms with E-state index in [1.165, 1.54) is 0 Å². The summed E-state index contributed by atoms with van der Waals surface area (Å²) < 4.78 is 0. The summed E-state index contributed by atoms with van der Waals surface area (Å²) in [6.45, 7) is 2.28. The van der Waals surface area contributed by atoms with Crippen molar-refractivity contribution in [3.05, 3.63) is 21.9 Å². The number of rotatable bonds is 2. The van der Waals surface area contributed by atoms with Crippen molar-refractivity contribution in [1.82, 2.24) is 0 Å². The molecular formula is C7H11NOS. The summed E-state index contributed by atoms with van der Waals surface area (Å²) in [7, 11) is 0. The Kier molecular flexibility index (Phi) is 2.43. The minimum absolute atomic E-state index is 0.307. The maximum Gasteiger partial charge on any atom is 0.101 e. The lowest BCUT2D eigenvalue weighted by Crippen LogP contribution is -2.10. The summed E-state index contributed by atoms with van der Waals surface area (Å²) in [5, 5.41) is 11.2. The van der Waals surface area contributed by atoms with Gasteiger partial charge in [-0.05, 0) is 23.9 Å². The first-order chi connectivity index (χ1) is 4.75. The van der Waals surface area contributed by atoms with Crippen LogP contribution in [0.25, 0.3) is 0 Å². The molecule has 0 bridgehead atoms. The van der Waals surface area contributed by atoms with Crippen molar-refractivity contribution in [3.8, 4) is 0 Å². The molecular weight excluding hydrogens is 146 g/mol. The van der Waals surface area contributed by atoms with Crippen LogP contribution in [0.1, 0.15) is 16.5 Å². The van der Waals surface area contributed by atoms with Crippen molar-refractivity contribution < 1.29 is 5.11 Å². The molecule has 3 N–H and O–H groups in total. The largest absolute Gasteiger partial charge is 0.386 e. The summed E-state index contributed by atoms with van der Waals surface area (Å²) in [4.78, 5) is 0.988. The Morgan fingerprint density at radius 1 is 1.80 bits per heavy atom. The minimum atomic E-state index is -0.472. The molecule has 0 amide bonds. The Bertz CT molecular complexity index is 209. The van der Waals surface area contributed by atoms with Crippen LogP contribution in [0.5, 0.6) is 0 Å². The van der Waals surface area contributed by atoms with E-state index in [1.54, 1.807) is 11.3 Å². The maximum absolute atomic E-state index is 9.28. The Morgan fingerprint density at radius 2 is 2.50 bits per heavy atom. The van der Waals surface area contributed by atoms with Gasteiger partial charge in [0, 0.05) is 11.4 Å². The third-order valence-corrected chi connectivity index (χ3v) is 2.55. The van der Waals surface area contributed by atoms with Crippen LogP contribution in [-0.2, 0) is 0 Å². The molecule has 1 unspecified atom stereocenters. The highest BCUT2D eigenvalue weighted by atomic mass is 32.1. The summed E-state index contributed by atoms with van der Waals surface area (Å²) in [6, 6.07) is 1.98. The number of aliphatic hydroxyl groups is 1. The van der Waals surface area contributed by atoms with Crippen molar-refractivity contribution in [2.45, 2.75) is 13.0 Å². The molecule has 1 heterocycles. The van der Waals surface area contributed by atoms with Crippen molar-refractivity contribution >= 4 is 11.3 Å². The third-order valence-electron chi connectivity index (χ3n) is 1.43. The SMILES string of the molecule is Cc1ccsc1C(O)CN. The Balaban J connectivity index is 2.82. The molecule has 56 valence electrons. The average Bonchev–Trinajstić information content (AvgIpc) is 2.34. The van der Waals surface area contributed by atoms with Crippen LogP contribution >= 0.6 is 11.3 Å². The summed E-state index contributed by atoms with van der Waals surface area (Å²) in [6.07, 6.45) is -0.472. The molecule has 0 aliphatic rings. The lowest BCUT2D eigenvalue weighted by molar-refractivity contribution is 0.190. The van der Waals surface area contributed by atoms with Gasteiger partial charge in [-0.3, -0.25) is 0 Å². The molecule has 0 aliphatic carbocycles. The van der Waals surface area contributed by atoms with Gasteiger partial charge in [-0.15, -0.1) is 11.3 Å². The van der Waals surface area contributed by atoms with E-state index in [1.807, 2.05) is 18.4 Å². The highest BCUT2D eigenvalue weighted by Gasteiger charge is 2.08. The fraction of sp³-hybridized carbons (Fsp3) is 0.429. The van der Waals surface area contributed by atoms with E-state index in [-0.39, 0.29) is 0 Å². The van der Waals surface area contributed by atoms with Gasteiger partial charge in [0.05, 0.1) is 0 Å². The van der Waals surface area contributed by atoms with Gasteiger partial charge in [0.15, 0.2) is 0 Å². The Hall–Kier alpha value is -0.380. The van der Waals surface area contributed by atoms with Crippen LogP contribution in [0.3, 0.4) is 0 Å². The molecule has 0 aromatic carbocycles. The number of hydrogen-bond donors (Lipinski definition) is 2. The molecule has 0 saturated heterocycles. The van der Waals surface area contributed by atoms with Crippen molar-refractivity contribution in [1.29, 1.82) is 0 Å². The quantitative estimate of drug-likeness (QED) is 0.674. The van der Waals surface area contributed by atoms with E-state index in [0.29, 0.717) is 6.54 Å². The van der Waals surface area contributed by atoms with Gasteiger partial charge >= 0.3 is 0 Å². The molecule has 1 aromatic rings. The van der Waals surface area contributed by atoms with E-state index < -0.39 is 6.10 Å². The molecule has 1 aromatic heterocycles. The maximum atomic E-state index is 9.28. The van der Waals surface area contributed by atoms with Crippen molar-refractivity contribution in [2.24, 2.45) is 5.73 Å². The fourth-order valence-electron chi connectivity index (χ4n) is 0.833. The molecule has 2 nitrogen and oxygen atoms in total. The molecule has 3 heteroatoms. The first-order valence-corrected chi connectivity index (χ1v) is 4.05. The minimum Gasteiger partial charge on any atom is -0.386 e. The number of nitrogens with two attached hydrogens (primary N) is 1. The van der Waals surface area contributed by atoms with Gasteiger partial charge in [-0.2, -0.15) is 0 Å². The van der Waals surface area contributed by atoms with Gasteiger partial charge in [0.1, 0.15) is 6.10 Å². The predicted octanol–water partition coefficient (Wildman–Crippen LogP) is 1.05. The molecule has 0 aliphatic heterocycles. The van der Waals surface area contributed by atoms with Gasteiger partial charge in [0.25, 0.3) is 0 Å². The fourth-order valence-corrected chi connectivity index (χ4v) is 1.76. The second-order valence-corrected chi connectivity index (χ2v) is 3.17.